The smallest absolute Gasteiger partial charge is 0.203 e. The topological polar surface area (TPSA) is 52.0 Å². The van der Waals surface area contributed by atoms with Gasteiger partial charge in [-0.15, -0.1) is 0 Å². The molecule has 0 saturated carbocycles. The van der Waals surface area contributed by atoms with Crippen molar-refractivity contribution in [3.8, 4) is 17.2 Å². The average molecular weight is 505 g/mol. The van der Waals surface area contributed by atoms with E-state index in [1.165, 1.54) is 16.3 Å². The summed E-state index contributed by atoms with van der Waals surface area (Å²) in [6.07, 6.45) is 4.12. The molecule has 0 spiro atoms. The minimum atomic E-state index is 0.611. The third-order valence-electron chi connectivity index (χ3n) is 7.29. The molecule has 7 heteroatoms. The Labute approximate surface area is 220 Å². The molecule has 0 aliphatic rings. The Morgan fingerprint density at radius 1 is 0.811 bits per heavy atom. The zero-order chi connectivity index (χ0) is 26.4. The molecule has 198 valence electrons. The molecule has 2 heterocycles. The number of ether oxygens (including phenoxy) is 3. The molecule has 2 aromatic carbocycles. The first-order chi connectivity index (χ1) is 18.1. The Morgan fingerprint density at radius 3 is 2.24 bits per heavy atom. The number of para-hydroxylation sites is 1. The number of aryl methyl sites for hydroxylation is 1. The Morgan fingerprint density at radius 2 is 1.54 bits per heavy atom. The van der Waals surface area contributed by atoms with Crippen LogP contribution in [-0.4, -0.2) is 62.0 Å². The van der Waals surface area contributed by atoms with E-state index in [0.717, 1.165) is 55.9 Å². The van der Waals surface area contributed by atoms with Crippen LogP contribution in [0.4, 0.5) is 5.82 Å². The third kappa shape index (κ3) is 5.32. The fourth-order valence-electron chi connectivity index (χ4n) is 5.27. The van der Waals surface area contributed by atoms with Gasteiger partial charge in [0.15, 0.2) is 17.3 Å². The molecule has 0 aliphatic carbocycles. The summed E-state index contributed by atoms with van der Waals surface area (Å²) in [5, 5.41) is 2.46. The molecule has 0 N–H and O–H groups in total. The van der Waals surface area contributed by atoms with Crippen molar-refractivity contribution in [2.45, 2.75) is 33.2 Å². The molecule has 37 heavy (non-hydrogen) atoms. The van der Waals surface area contributed by atoms with Crippen molar-refractivity contribution in [2.24, 2.45) is 7.05 Å². The molecule has 0 bridgehead atoms. The summed E-state index contributed by atoms with van der Waals surface area (Å²) in [5.74, 6) is 2.94. The molecular formula is C30H40N4O3. The monoisotopic (exact) mass is 504 g/mol. The predicted octanol–water partition coefficient (Wildman–Crippen LogP) is 5.88. The number of unbranched alkanes of at least 4 members (excludes halogenated alkanes) is 1. The van der Waals surface area contributed by atoms with Gasteiger partial charge in [-0.3, -0.25) is 0 Å². The standard InChI is InChI=1S/C30H40N4O3/c1-7-33(8-2)19-11-12-20-34(21-22-15-16-26(35-4)29(37-6)28(22)36-5)30-27-24(17-18-31-30)23-13-9-10-14-25(23)32(27)3/h9-10,13-18H,7-8,11-12,19-21H2,1-6H3. The van der Waals surface area contributed by atoms with E-state index < -0.39 is 0 Å². The number of hydrogen-bond acceptors (Lipinski definition) is 6. The number of aromatic nitrogens is 2. The Kier molecular flexibility index (Phi) is 8.77. The van der Waals surface area contributed by atoms with Crippen LogP contribution in [0.1, 0.15) is 32.3 Å². The van der Waals surface area contributed by atoms with Crippen molar-refractivity contribution in [1.82, 2.24) is 14.5 Å². The number of hydrogen-bond donors (Lipinski definition) is 0. The van der Waals surface area contributed by atoms with Gasteiger partial charge in [0.05, 0.1) is 26.8 Å². The van der Waals surface area contributed by atoms with E-state index in [1.54, 1.807) is 21.3 Å². The summed E-state index contributed by atoms with van der Waals surface area (Å²) in [7, 11) is 7.10. The maximum Gasteiger partial charge on any atom is 0.203 e. The largest absolute Gasteiger partial charge is 0.493 e. The third-order valence-corrected chi connectivity index (χ3v) is 7.29. The minimum absolute atomic E-state index is 0.611. The minimum Gasteiger partial charge on any atom is -0.493 e. The van der Waals surface area contributed by atoms with Gasteiger partial charge in [-0.2, -0.15) is 0 Å². The number of anilines is 1. The van der Waals surface area contributed by atoms with Crippen LogP contribution in [0.25, 0.3) is 21.8 Å². The molecule has 0 aliphatic heterocycles. The summed E-state index contributed by atoms with van der Waals surface area (Å²) in [6.45, 7) is 9.24. The molecule has 0 unspecified atom stereocenters. The zero-order valence-corrected chi connectivity index (χ0v) is 23.1. The highest BCUT2D eigenvalue weighted by atomic mass is 16.5. The molecule has 0 radical (unpaired) electrons. The van der Waals surface area contributed by atoms with Gasteiger partial charge in [0.2, 0.25) is 5.75 Å². The van der Waals surface area contributed by atoms with E-state index in [-0.39, 0.29) is 0 Å². The average Bonchev–Trinajstić information content (AvgIpc) is 3.24. The van der Waals surface area contributed by atoms with Crippen LogP contribution >= 0.6 is 0 Å². The number of rotatable bonds is 13. The van der Waals surface area contributed by atoms with Crippen LogP contribution in [0, 0.1) is 0 Å². The van der Waals surface area contributed by atoms with Gasteiger partial charge in [-0.25, -0.2) is 4.98 Å². The Balaban J connectivity index is 1.75. The van der Waals surface area contributed by atoms with Crippen molar-refractivity contribution in [2.75, 3.05) is 52.4 Å². The quantitative estimate of drug-likeness (QED) is 0.212. The first-order valence-electron chi connectivity index (χ1n) is 13.1. The highest BCUT2D eigenvalue weighted by Crippen LogP contribution is 2.41. The van der Waals surface area contributed by atoms with Crippen LogP contribution < -0.4 is 19.1 Å². The maximum atomic E-state index is 5.83. The summed E-state index contributed by atoms with van der Waals surface area (Å²) >= 11 is 0. The van der Waals surface area contributed by atoms with E-state index in [9.17, 15) is 0 Å². The Bertz CT molecular complexity index is 1330. The van der Waals surface area contributed by atoms with E-state index in [2.05, 4.69) is 71.7 Å². The second kappa shape index (κ2) is 12.2. The fraction of sp³-hybridized carbons (Fsp3) is 0.433. The van der Waals surface area contributed by atoms with Gasteiger partial charge in [0, 0.05) is 48.2 Å². The van der Waals surface area contributed by atoms with Crippen LogP contribution in [0.5, 0.6) is 17.2 Å². The summed E-state index contributed by atoms with van der Waals surface area (Å²) in [6, 6.07) is 14.7. The van der Waals surface area contributed by atoms with Gasteiger partial charge in [0.25, 0.3) is 0 Å². The fourth-order valence-corrected chi connectivity index (χ4v) is 5.27. The highest BCUT2D eigenvalue weighted by Gasteiger charge is 2.22. The normalized spacial score (nSPS) is 11.4. The van der Waals surface area contributed by atoms with Crippen LogP contribution in [0.3, 0.4) is 0 Å². The van der Waals surface area contributed by atoms with E-state index in [4.69, 9.17) is 19.2 Å². The molecule has 7 nitrogen and oxygen atoms in total. The van der Waals surface area contributed by atoms with Crippen molar-refractivity contribution in [3.63, 3.8) is 0 Å². The lowest BCUT2D eigenvalue weighted by molar-refractivity contribution is 0.297. The summed E-state index contributed by atoms with van der Waals surface area (Å²) in [5.41, 5.74) is 3.38. The van der Waals surface area contributed by atoms with Gasteiger partial charge >= 0.3 is 0 Å². The maximum absolute atomic E-state index is 5.83. The van der Waals surface area contributed by atoms with E-state index >= 15 is 0 Å². The first-order valence-corrected chi connectivity index (χ1v) is 13.1. The molecule has 0 saturated heterocycles. The lowest BCUT2D eigenvalue weighted by Gasteiger charge is -2.27. The number of methoxy groups -OCH3 is 3. The number of nitrogens with zero attached hydrogens (tertiary/aromatic N) is 4. The number of benzene rings is 2. The lowest BCUT2D eigenvalue weighted by Crippen LogP contribution is -2.28. The summed E-state index contributed by atoms with van der Waals surface area (Å²) in [4.78, 5) is 9.79. The highest BCUT2D eigenvalue weighted by molar-refractivity contribution is 6.11. The van der Waals surface area contributed by atoms with E-state index in [1.807, 2.05) is 12.3 Å². The number of fused-ring (bicyclic) bond motifs is 3. The second-order valence-electron chi connectivity index (χ2n) is 9.26. The van der Waals surface area contributed by atoms with Gasteiger partial charge in [-0.1, -0.05) is 32.0 Å². The second-order valence-corrected chi connectivity index (χ2v) is 9.26. The molecule has 0 fully saturated rings. The van der Waals surface area contributed by atoms with Gasteiger partial charge in [-0.05, 0) is 56.7 Å². The molecular weight excluding hydrogens is 464 g/mol. The molecule has 2 aromatic heterocycles. The van der Waals surface area contributed by atoms with Crippen LogP contribution in [0.15, 0.2) is 48.7 Å². The van der Waals surface area contributed by atoms with E-state index in [0.29, 0.717) is 23.8 Å². The van der Waals surface area contributed by atoms with Crippen LogP contribution in [-0.2, 0) is 13.6 Å². The first kappa shape index (κ1) is 26.6. The zero-order valence-electron chi connectivity index (χ0n) is 23.1. The molecule has 0 atom stereocenters. The molecule has 0 amide bonds. The molecule has 4 rings (SSSR count). The number of pyridine rings is 1. The van der Waals surface area contributed by atoms with Crippen molar-refractivity contribution >= 4 is 27.6 Å². The predicted molar refractivity (Wildman–Crippen MR) is 152 cm³/mol. The lowest BCUT2D eigenvalue weighted by atomic mass is 10.1. The van der Waals surface area contributed by atoms with Crippen molar-refractivity contribution in [1.29, 1.82) is 0 Å². The van der Waals surface area contributed by atoms with Crippen LogP contribution in [0.2, 0.25) is 0 Å². The van der Waals surface area contributed by atoms with Crippen molar-refractivity contribution < 1.29 is 14.2 Å². The molecule has 4 aromatic rings. The van der Waals surface area contributed by atoms with Gasteiger partial charge in [0.1, 0.15) is 0 Å². The van der Waals surface area contributed by atoms with Gasteiger partial charge < -0.3 is 28.6 Å². The Hall–Kier alpha value is -3.45. The van der Waals surface area contributed by atoms with Crippen molar-refractivity contribution in [3.05, 3.63) is 54.2 Å². The SMILES string of the molecule is CCN(CC)CCCCN(Cc1ccc(OC)c(OC)c1OC)c1nccc2c3ccccc3n(C)c12. The summed E-state index contributed by atoms with van der Waals surface area (Å²) < 4.78 is 19.3.